The molecule has 5 heteroatoms. The van der Waals surface area contributed by atoms with Crippen LogP contribution < -0.4 is 5.32 Å². The number of hydrogen-bond acceptors (Lipinski definition) is 2. The molecule has 2 atom stereocenters. The van der Waals surface area contributed by atoms with Crippen LogP contribution >= 0.6 is 0 Å². The van der Waals surface area contributed by atoms with Crippen molar-refractivity contribution in [3.63, 3.8) is 0 Å². The van der Waals surface area contributed by atoms with Crippen LogP contribution in [0, 0.1) is 23.6 Å². The van der Waals surface area contributed by atoms with Crippen molar-refractivity contribution in [3.05, 3.63) is 30.1 Å². The van der Waals surface area contributed by atoms with Crippen LogP contribution in [-0.2, 0) is 9.59 Å². The maximum absolute atomic E-state index is 13.5. The zero-order valence-electron chi connectivity index (χ0n) is 12.7. The number of amides is 2. The van der Waals surface area contributed by atoms with E-state index in [1.807, 2.05) is 4.90 Å². The Hall–Kier alpha value is -1.91. The van der Waals surface area contributed by atoms with E-state index in [1.54, 1.807) is 12.1 Å². The number of anilines is 1. The Morgan fingerprint density at radius 3 is 2.55 bits per heavy atom. The summed E-state index contributed by atoms with van der Waals surface area (Å²) in [6.45, 7) is 3.78. The van der Waals surface area contributed by atoms with E-state index < -0.39 is 5.82 Å². The second-order valence-corrected chi connectivity index (χ2v) is 6.43. The monoisotopic (exact) mass is 304 g/mol. The normalized spacial score (nSPS) is 24.9. The Morgan fingerprint density at radius 2 is 1.86 bits per heavy atom. The molecule has 1 aliphatic heterocycles. The fourth-order valence-corrected chi connectivity index (χ4v) is 3.01. The SMILES string of the molecule is CC1CCN(C(=O)C2CC2C(=O)Nc2ccccc2F)CC1. The maximum Gasteiger partial charge on any atom is 0.228 e. The van der Waals surface area contributed by atoms with Gasteiger partial charge in [0.05, 0.1) is 17.5 Å². The lowest BCUT2D eigenvalue weighted by Crippen LogP contribution is -2.39. The van der Waals surface area contributed by atoms with Crippen molar-refractivity contribution in [2.24, 2.45) is 17.8 Å². The lowest BCUT2D eigenvalue weighted by atomic mass is 9.99. The van der Waals surface area contributed by atoms with Gasteiger partial charge in [-0.15, -0.1) is 0 Å². The lowest BCUT2D eigenvalue weighted by Gasteiger charge is -2.30. The van der Waals surface area contributed by atoms with Gasteiger partial charge in [-0.1, -0.05) is 19.1 Å². The third-order valence-corrected chi connectivity index (χ3v) is 4.67. The third-order valence-electron chi connectivity index (χ3n) is 4.67. The minimum Gasteiger partial charge on any atom is -0.342 e. The first-order chi connectivity index (χ1) is 10.6. The predicted octanol–water partition coefficient (Wildman–Crippen LogP) is 2.66. The molecule has 22 heavy (non-hydrogen) atoms. The van der Waals surface area contributed by atoms with Gasteiger partial charge in [0.2, 0.25) is 11.8 Å². The number of likely N-dealkylation sites (tertiary alicyclic amines) is 1. The second kappa shape index (κ2) is 6.07. The van der Waals surface area contributed by atoms with Gasteiger partial charge in [0.1, 0.15) is 5.82 Å². The number of rotatable bonds is 3. The summed E-state index contributed by atoms with van der Waals surface area (Å²) in [5, 5.41) is 2.58. The van der Waals surface area contributed by atoms with Gasteiger partial charge in [-0.05, 0) is 37.3 Å². The highest BCUT2D eigenvalue weighted by molar-refractivity contribution is 5.99. The maximum atomic E-state index is 13.5. The largest absolute Gasteiger partial charge is 0.342 e. The van der Waals surface area contributed by atoms with E-state index in [0.29, 0.717) is 12.3 Å². The lowest BCUT2D eigenvalue weighted by molar-refractivity contribution is -0.135. The van der Waals surface area contributed by atoms with Gasteiger partial charge >= 0.3 is 0 Å². The highest BCUT2D eigenvalue weighted by Gasteiger charge is 2.49. The molecule has 0 aromatic heterocycles. The molecular formula is C17H21FN2O2. The van der Waals surface area contributed by atoms with Crippen molar-refractivity contribution in [3.8, 4) is 0 Å². The van der Waals surface area contributed by atoms with E-state index >= 15 is 0 Å². The smallest absolute Gasteiger partial charge is 0.228 e. The molecule has 2 unspecified atom stereocenters. The second-order valence-electron chi connectivity index (χ2n) is 6.43. The molecule has 1 saturated heterocycles. The van der Waals surface area contributed by atoms with Crippen molar-refractivity contribution < 1.29 is 14.0 Å². The van der Waals surface area contributed by atoms with Crippen LogP contribution in [0.1, 0.15) is 26.2 Å². The molecule has 1 N–H and O–H groups in total. The van der Waals surface area contributed by atoms with Crippen LogP contribution in [0.5, 0.6) is 0 Å². The van der Waals surface area contributed by atoms with Crippen molar-refractivity contribution >= 4 is 17.5 Å². The summed E-state index contributed by atoms with van der Waals surface area (Å²) in [6, 6.07) is 6.08. The van der Waals surface area contributed by atoms with Gasteiger partial charge < -0.3 is 10.2 Å². The predicted molar refractivity (Wildman–Crippen MR) is 81.6 cm³/mol. The molecule has 2 aliphatic rings. The Labute approximate surface area is 129 Å². The molecule has 0 bridgehead atoms. The fraction of sp³-hybridized carbons (Fsp3) is 0.529. The molecule has 0 radical (unpaired) electrons. The quantitative estimate of drug-likeness (QED) is 0.933. The van der Waals surface area contributed by atoms with Crippen molar-refractivity contribution in [2.45, 2.75) is 26.2 Å². The average molecular weight is 304 g/mol. The van der Waals surface area contributed by atoms with E-state index in [1.165, 1.54) is 12.1 Å². The Bertz CT molecular complexity index is 582. The molecule has 3 rings (SSSR count). The molecule has 1 aliphatic carbocycles. The standard InChI is InChI=1S/C17H21FN2O2/c1-11-6-8-20(9-7-11)17(22)13-10-12(13)16(21)19-15-5-3-2-4-14(15)18/h2-5,11-13H,6-10H2,1H3,(H,19,21). The van der Waals surface area contributed by atoms with Gasteiger partial charge in [-0.2, -0.15) is 0 Å². The highest BCUT2D eigenvalue weighted by Crippen LogP contribution is 2.41. The molecule has 4 nitrogen and oxygen atoms in total. The van der Waals surface area contributed by atoms with Crippen LogP contribution in [-0.4, -0.2) is 29.8 Å². The Morgan fingerprint density at radius 1 is 1.18 bits per heavy atom. The number of nitrogens with zero attached hydrogens (tertiary/aromatic N) is 1. The van der Waals surface area contributed by atoms with Gasteiger partial charge in [0.25, 0.3) is 0 Å². The molecule has 2 amide bonds. The Kier molecular flexibility index (Phi) is 4.14. The summed E-state index contributed by atoms with van der Waals surface area (Å²) in [5.74, 6) is -0.492. The van der Waals surface area contributed by atoms with Crippen LogP contribution in [0.2, 0.25) is 0 Å². The number of nitrogens with one attached hydrogen (secondary N) is 1. The molecule has 1 aromatic carbocycles. The Balaban J connectivity index is 1.54. The summed E-state index contributed by atoms with van der Waals surface area (Å²) >= 11 is 0. The van der Waals surface area contributed by atoms with E-state index in [4.69, 9.17) is 0 Å². The average Bonchev–Trinajstić information content (AvgIpc) is 3.30. The van der Waals surface area contributed by atoms with Crippen molar-refractivity contribution in [1.82, 2.24) is 4.90 Å². The summed E-state index contributed by atoms with van der Waals surface area (Å²) in [4.78, 5) is 26.4. The van der Waals surface area contributed by atoms with Gasteiger partial charge in [-0.3, -0.25) is 9.59 Å². The minimum atomic E-state index is -0.454. The number of benzene rings is 1. The van der Waals surface area contributed by atoms with Crippen molar-refractivity contribution in [2.75, 3.05) is 18.4 Å². The first kappa shape index (κ1) is 15.0. The highest BCUT2D eigenvalue weighted by atomic mass is 19.1. The first-order valence-electron chi connectivity index (χ1n) is 7.90. The summed E-state index contributed by atoms with van der Waals surface area (Å²) < 4.78 is 13.5. The first-order valence-corrected chi connectivity index (χ1v) is 7.90. The van der Waals surface area contributed by atoms with Crippen LogP contribution in [0.3, 0.4) is 0 Å². The van der Waals surface area contributed by atoms with Crippen LogP contribution in [0.25, 0.3) is 0 Å². The van der Waals surface area contributed by atoms with Crippen LogP contribution in [0.15, 0.2) is 24.3 Å². The molecule has 1 saturated carbocycles. The van der Waals surface area contributed by atoms with E-state index in [0.717, 1.165) is 25.9 Å². The number of piperidine rings is 1. The molecule has 0 spiro atoms. The topological polar surface area (TPSA) is 49.4 Å². The number of para-hydroxylation sites is 1. The van der Waals surface area contributed by atoms with Gasteiger partial charge in [-0.25, -0.2) is 4.39 Å². The summed E-state index contributed by atoms with van der Waals surface area (Å²) in [6.07, 6.45) is 2.64. The number of carbonyl (C=O) groups is 2. The van der Waals surface area contributed by atoms with Crippen molar-refractivity contribution in [1.29, 1.82) is 0 Å². The fourth-order valence-electron chi connectivity index (χ4n) is 3.01. The summed E-state index contributed by atoms with van der Waals surface area (Å²) in [7, 11) is 0. The molecule has 1 aromatic rings. The van der Waals surface area contributed by atoms with Gasteiger partial charge in [0, 0.05) is 13.1 Å². The zero-order valence-corrected chi connectivity index (χ0v) is 12.7. The van der Waals surface area contributed by atoms with E-state index in [-0.39, 0.29) is 29.3 Å². The number of carbonyl (C=O) groups excluding carboxylic acids is 2. The number of hydrogen-bond donors (Lipinski definition) is 1. The minimum absolute atomic E-state index is 0.0839. The van der Waals surface area contributed by atoms with Gasteiger partial charge in [0.15, 0.2) is 0 Å². The third kappa shape index (κ3) is 3.13. The zero-order chi connectivity index (χ0) is 15.7. The van der Waals surface area contributed by atoms with Crippen LogP contribution in [0.4, 0.5) is 10.1 Å². The summed E-state index contributed by atoms with van der Waals surface area (Å²) in [5.41, 5.74) is 0.178. The molecule has 118 valence electrons. The van der Waals surface area contributed by atoms with E-state index in [9.17, 15) is 14.0 Å². The number of halogens is 1. The molecular weight excluding hydrogens is 283 g/mol. The molecule has 2 fully saturated rings. The molecule has 1 heterocycles. The van der Waals surface area contributed by atoms with E-state index in [2.05, 4.69) is 12.2 Å².